The van der Waals surface area contributed by atoms with E-state index in [1.54, 1.807) is 0 Å². The maximum Gasteiger partial charge on any atom is 0 e. The van der Waals surface area contributed by atoms with Crippen LogP contribution in [0.25, 0.3) is 0 Å². The molecule has 2 radical (unpaired) electrons. The standard InChI is InChI=1S/Co.Fe.K.O.V. The van der Waals surface area contributed by atoms with Gasteiger partial charge in [-0.3, -0.25) is 0 Å². The molecule has 0 atom stereocenters. The molecule has 0 rings (SSSR count). The van der Waals surface area contributed by atoms with Crippen LogP contribution in [0.1, 0.15) is 0 Å². The van der Waals surface area contributed by atoms with E-state index < -0.39 is 0 Å². The summed E-state index contributed by atoms with van der Waals surface area (Å²) < 4.78 is 7.94. The van der Waals surface area contributed by atoms with Crippen LogP contribution in [0, 0.1) is 0 Å². The maximum absolute atomic E-state index is 7.94. The van der Waals surface area contributed by atoms with Crippen molar-refractivity contribution in [2.45, 2.75) is 0 Å². The fourth-order valence-electron chi connectivity index (χ4n) is 0. The van der Waals surface area contributed by atoms with Crippen LogP contribution in [-0.2, 0) is 55.2 Å². The van der Waals surface area contributed by atoms with Crippen molar-refractivity contribution < 1.29 is 55.2 Å². The Balaban J connectivity index is -0.00000000167. The summed E-state index contributed by atoms with van der Waals surface area (Å²) in [5.41, 5.74) is 0. The number of hydrogen-bond acceptors (Lipinski definition) is 1. The van der Waals surface area contributed by atoms with Crippen molar-refractivity contribution in [3.63, 3.8) is 0 Å². The van der Waals surface area contributed by atoms with Crippen molar-refractivity contribution in [3.05, 3.63) is 0 Å². The second-order valence-electron chi connectivity index (χ2n) is 0. The van der Waals surface area contributed by atoms with Gasteiger partial charge in [-0.1, -0.05) is 0 Å². The summed E-state index contributed by atoms with van der Waals surface area (Å²) in [6, 6.07) is 0. The summed E-state index contributed by atoms with van der Waals surface area (Å²) in [6.07, 6.45) is 0. The molecule has 0 aromatic carbocycles. The Labute approximate surface area is 104 Å². The molecule has 0 saturated carbocycles. The Hall–Kier alpha value is 3.05. The third-order valence-corrected chi connectivity index (χ3v) is 0. The van der Waals surface area contributed by atoms with Crippen molar-refractivity contribution >= 4 is 51.4 Å². The fourth-order valence-corrected chi connectivity index (χ4v) is 0. The summed E-state index contributed by atoms with van der Waals surface area (Å²) in [4.78, 5) is 0. The van der Waals surface area contributed by atoms with Gasteiger partial charge in [0.15, 0.2) is 0 Å². The van der Waals surface area contributed by atoms with E-state index in [0.717, 1.165) is 0 Å². The minimum Gasteiger partial charge on any atom is 0 e. The first-order chi connectivity index (χ1) is 1.00. The average Bonchev–Trinajstić information content (AvgIpc) is 1.00. The van der Waals surface area contributed by atoms with Gasteiger partial charge in [0.2, 0.25) is 0 Å². The van der Waals surface area contributed by atoms with Crippen LogP contribution in [0.3, 0.4) is 0 Å². The predicted octanol–water partition coefficient (Wildman–Crippen LogP) is -0.507. The van der Waals surface area contributed by atoms with Crippen molar-refractivity contribution in [1.82, 2.24) is 0 Å². The van der Waals surface area contributed by atoms with E-state index in [4.69, 9.17) is 3.87 Å². The molecule has 0 bridgehead atoms. The molecular weight excluding hydrogens is 221 g/mol. The molecule has 0 aliphatic rings. The van der Waals surface area contributed by atoms with Crippen LogP contribution in [0.2, 0.25) is 0 Å². The van der Waals surface area contributed by atoms with Gasteiger partial charge < -0.3 is 0 Å². The molecular formula is CoFeKOV. The van der Waals surface area contributed by atoms with E-state index in [0.29, 0.717) is 0 Å². The van der Waals surface area contributed by atoms with Gasteiger partial charge in [0.25, 0.3) is 0 Å². The summed E-state index contributed by atoms with van der Waals surface area (Å²) in [6.45, 7) is 0. The smallest absolute Gasteiger partial charge is 0 e. The van der Waals surface area contributed by atoms with Crippen LogP contribution in [0.15, 0.2) is 0 Å². The van der Waals surface area contributed by atoms with Gasteiger partial charge >= 0.3 is 19.5 Å². The van der Waals surface area contributed by atoms with Gasteiger partial charge in [0, 0.05) is 87.0 Å². The van der Waals surface area contributed by atoms with E-state index in [2.05, 4.69) is 15.7 Å². The van der Waals surface area contributed by atoms with Gasteiger partial charge in [-0.05, 0) is 0 Å². The van der Waals surface area contributed by atoms with E-state index in [1.807, 2.05) is 0 Å². The Morgan fingerprint density at radius 3 is 1.20 bits per heavy atom. The zero-order valence-electron chi connectivity index (χ0n) is 2.54. The summed E-state index contributed by atoms with van der Waals surface area (Å²) in [5.74, 6) is 0. The molecule has 0 aromatic rings. The van der Waals surface area contributed by atoms with Gasteiger partial charge in [0.05, 0.1) is 0 Å². The first kappa shape index (κ1) is 24.4. The zero-order chi connectivity index (χ0) is 2.00. The predicted molar refractivity (Wildman–Crippen MR) is 6.44 cm³/mol. The topological polar surface area (TPSA) is 17.1 Å². The molecule has 5 heteroatoms. The van der Waals surface area contributed by atoms with Crippen molar-refractivity contribution in [1.29, 1.82) is 0 Å². The van der Waals surface area contributed by atoms with Crippen LogP contribution in [-0.4, -0.2) is 51.4 Å². The van der Waals surface area contributed by atoms with Gasteiger partial charge in [-0.25, -0.2) is 0 Å². The molecule has 1 nitrogen and oxygen atoms in total. The first-order valence-corrected chi connectivity index (χ1v) is 0.561. The Bertz CT molecular complexity index is 11.6. The molecule has 0 amide bonds. The van der Waals surface area contributed by atoms with Crippen molar-refractivity contribution in [3.8, 4) is 0 Å². The molecule has 0 unspecified atom stereocenters. The first-order valence-electron chi connectivity index (χ1n) is 0.136. The summed E-state index contributed by atoms with van der Waals surface area (Å²) in [5, 5.41) is 0. The Kier molecular flexibility index (Phi) is 135. The summed E-state index contributed by atoms with van der Waals surface area (Å²) in [7, 11) is 0. The van der Waals surface area contributed by atoms with E-state index >= 15 is 0 Å². The molecule has 0 heterocycles. The molecule has 0 fully saturated rings. The monoisotopic (exact) mass is 221 g/mol. The Morgan fingerprint density at radius 2 is 1.20 bits per heavy atom. The number of hydrogen-bond donors (Lipinski definition) is 0. The van der Waals surface area contributed by atoms with Crippen LogP contribution >= 0.6 is 0 Å². The second kappa shape index (κ2) is 27.8. The van der Waals surface area contributed by atoms with E-state index in [-0.39, 0.29) is 87.0 Å². The third kappa shape index (κ3) is 19.3. The molecule has 0 spiro atoms. The maximum atomic E-state index is 7.94. The van der Waals surface area contributed by atoms with Crippen molar-refractivity contribution in [2.24, 2.45) is 0 Å². The van der Waals surface area contributed by atoms with Crippen LogP contribution < -0.4 is 0 Å². The number of rotatable bonds is 0. The van der Waals surface area contributed by atoms with E-state index in [9.17, 15) is 0 Å². The van der Waals surface area contributed by atoms with E-state index in [1.165, 1.54) is 0 Å². The molecule has 0 N–H and O–H groups in total. The normalized spacial score (nSPS) is 1.00. The quantitative estimate of drug-likeness (QED) is 0.503. The van der Waals surface area contributed by atoms with Crippen LogP contribution in [0.5, 0.6) is 0 Å². The molecule has 5 heavy (non-hydrogen) atoms. The molecule has 29 valence electrons. The van der Waals surface area contributed by atoms with Gasteiger partial charge in [0.1, 0.15) is 0 Å². The summed E-state index contributed by atoms with van der Waals surface area (Å²) >= 11 is 2.31. The largest absolute Gasteiger partial charge is 0 e. The SMILES string of the molecule is [Fe].[K].[O]=[Co].[V]. The van der Waals surface area contributed by atoms with Crippen molar-refractivity contribution in [2.75, 3.05) is 0 Å². The van der Waals surface area contributed by atoms with Crippen LogP contribution in [0.4, 0.5) is 0 Å². The molecule has 0 aliphatic carbocycles. The molecule has 0 aromatic heterocycles. The minimum atomic E-state index is 0. The second-order valence-corrected chi connectivity index (χ2v) is 0. The molecule has 0 aliphatic heterocycles. The fraction of sp³-hybridized carbons (Fsp3) is 0. The van der Waals surface area contributed by atoms with Gasteiger partial charge in [-0.2, -0.15) is 0 Å². The third-order valence-electron chi connectivity index (χ3n) is 0. The average molecular weight is 221 g/mol. The molecule has 0 saturated heterocycles. The van der Waals surface area contributed by atoms with Gasteiger partial charge in [-0.15, -0.1) is 0 Å². The zero-order valence-corrected chi connectivity index (χ0v) is 9.21. The Morgan fingerprint density at radius 1 is 1.20 bits per heavy atom. The minimum absolute atomic E-state index is 0.